The second-order valence-electron chi connectivity index (χ2n) is 8.55. The number of anilines is 1. The standard InChI is InChI=1S/C22H24F4N2O3S/c1-12-9-14(5-8-19(12)28-32(4,30)31)13(2)27-20(29)17-11-21(17,3)15-6-7-16(18(23)10-15)22(24,25)26/h5-10,13,17,28H,11H2,1-4H3,(H,27,29)/t13?,17-,21?/m0/s1. The summed E-state index contributed by atoms with van der Waals surface area (Å²) in [6, 6.07) is 7.47. The topological polar surface area (TPSA) is 75.3 Å². The molecule has 2 N–H and O–H groups in total. The molecule has 32 heavy (non-hydrogen) atoms. The maximum absolute atomic E-state index is 14.0. The molecule has 5 nitrogen and oxygen atoms in total. The average Bonchev–Trinajstić information content (AvgIpc) is 3.34. The predicted octanol–water partition coefficient (Wildman–Crippen LogP) is 4.68. The van der Waals surface area contributed by atoms with E-state index in [1.54, 1.807) is 39.0 Å². The van der Waals surface area contributed by atoms with E-state index in [9.17, 15) is 30.8 Å². The number of halogens is 4. The van der Waals surface area contributed by atoms with Gasteiger partial charge in [0.1, 0.15) is 5.82 Å². The van der Waals surface area contributed by atoms with Gasteiger partial charge < -0.3 is 5.32 Å². The molecule has 0 radical (unpaired) electrons. The van der Waals surface area contributed by atoms with Gasteiger partial charge in [-0.15, -0.1) is 0 Å². The fourth-order valence-corrected chi connectivity index (χ4v) is 4.46. The maximum atomic E-state index is 14.0. The Bertz CT molecular complexity index is 1160. The largest absolute Gasteiger partial charge is 0.419 e. The van der Waals surface area contributed by atoms with Crippen LogP contribution in [0.25, 0.3) is 0 Å². The van der Waals surface area contributed by atoms with Crippen LogP contribution in [0.4, 0.5) is 23.2 Å². The Hall–Kier alpha value is -2.62. The fourth-order valence-electron chi connectivity index (χ4n) is 3.83. The van der Waals surface area contributed by atoms with Gasteiger partial charge in [0.05, 0.1) is 23.5 Å². The Kier molecular flexibility index (Phi) is 6.05. The summed E-state index contributed by atoms with van der Waals surface area (Å²) in [5.41, 5.74) is 0.165. The van der Waals surface area contributed by atoms with E-state index in [1.807, 2.05) is 0 Å². The van der Waals surface area contributed by atoms with Crippen molar-refractivity contribution < 1.29 is 30.8 Å². The predicted molar refractivity (Wildman–Crippen MR) is 113 cm³/mol. The summed E-state index contributed by atoms with van der Waals surface area (Å²) in [6.07, 6.45) is -3.32. The first-order valence-electron chi connectivity index (χ1n) is 9.88. The lowest BCUT2D eigenvalue weighted by Gasteiger charge is -2.18. The summed E-state index contributed by atoms with van der Waals surface area (Å²) in [7, 11) is -3.42. The summed E-state index contributed by atoms with van der Waals surface area (Å²) < 4.78 is 77.6. The fraction of sp³-hybridized carbons (Fsp3) is 0.409. The van der Waals surface area contributed by atoms with Crippen LogP contribution < -0.4 is 10.0 Å². The number of aryl methyl sites for hydroxylation is 1. The van der Waals surface area contributed by atoms with Crippen molar-refractivity contribution in [3.05, 3.63) is 64.5 Å². The summed E-state index contributed by atoms with van der Waals surface area (Å²) in [5.74, 6) is -2.13. The third kappa shape index (κ3) is 5.06. The van der Waals surface area contributed by atoms with Gasteiger partial charge >= 0.3 is 6.18 Å². The molecule has 2 aromatic rings. The first-order valence-corrected chi connectivity index (χ1v) is 11.8. The highest BCUT2D eigenvalue weighted by Crippen LogP contribution is 2.54. The number of hydrogen-bond acceptors (Lipinski definition) is 3. The highest BCUT2D eigenvalue weighted by atomic mass is 32.2. The first kappa shape index (κ1) is 24.0. The van der Waals surface area contributed by atoms with Gasteiger partial charge in [-0.3, -0.25) is 9.52 Å². The van der Waals surface area contributed by atoms with Crippen LogP contribution in [0.3, 0.4) is 0 Å². The number of rotatable bonds is 6. The third-order valence-electron chi connectivity index (χ3n) is 5.89. The molecular formula is C22H24F4N2O3S. The Morgan fingerprint density at radius 1 is 1.19 bits per heavy atom. The minimum Gasteiger partial charge on any atom is -0.349 e. The minimum atomic E-state index is -4.77. The lowest BCUT2D eigenvalue weighted by atomic mass is 9.93. The molecule has 2 unspecified atom stereocenters. The van der Waals surface area contributed by atoms with Crippen LogP contribution in [0, 0.1) is 18.7 Å². The third-order valence-corrected chi connectivity index (χ3v) is 6.48. The number of amides is 1. The van der Waals surface area contributed by atoms with Crippen molar-refractivity contribution in [2.75, 3.05) is 11.0 Å². The summed E-state index contributed by atoms with van der Waals surface area (Å²) in [6.45, 7) is 5.23. The lowest BCUT2D eigenvalue weighted by Crippen LogP contribution is -2.30. The SMILES string of the molecule is Cc1cc(C(C)NC(=O)[C@@H]2CC2(C)c2ccc(C(F)(F)F)c(F)c2)ccc1NS(C)(=O)=O. The number of hydrogen-bond donors (Lipinski definition) is 2. The number of carbonyl (C=O) groups is 1. The summed E-state index contributed by atoms with van der Waals surface area (Å²) in [5, 5.41) is 2.88. The molecule has 1 aliphatic rings. The number of nitrogens with one attached hydrogen (secondary N) is 2. The van der Waals surface area contributed by atoms with E-state index in [0.717, 1.165) is 17.9 Å². The minimum absolute atomic E-state index is 0.281. The van der Waals surface area contributed by atoms with Crippen molar-refractivity contribution in [2.24, 2.45) is 5.92 Å². The zero-order chi connectivity index (χ0) is 24.1. The monoisotopic (exact) mass is 472 g/mol. The van der Waals surface area contributed by atoms with Gasteiger partial charge in [-0.25, -0.2) is 12.8 Å². The van der Waals surface area contributed by atoms with E-state index >= 15 is 0 Å². The Morgan fingerprint density at radius 2 is 1.84 bits per heavy atom. The van der Waals surface area contributed by atoms with Crippen molar-refractivity contribution in [3.8, 4) is 0 Å². The molecule has 0 heterocycles. The van der Waals surface area contributed by atoms with Crippen molar-refractivity contribution in [2.45, 2.75) is 44.8 Å². The quantitative estimate of drug-likeness (QED) is 0.600. The van der Waals surface area contributed by atoms with Crippen LogP contribution in [0.1, 0.15) is 48.6 Å². The molecule has 3 atom stereocenters. The molecule has 0 saturated heterocycles. The number of sulfonamides is 1. The Balaban J connectivity index is 1.70. The van der Waals surface area contributed by atoms with E-state index in [0.29, 0.717) is 29.3 Å². The molecule has 174 valence electrons. The van der Waals surface area contributed by atoms with Crippen LogP contribution in [0.2, 0.25) is 0 Å². The molecule has 1 aliphatic carbocycles. The maximum Gasteiger partial charge on any atom is 0.419 e. The zero-order valence-electron chi connectivity index (χ0n) is 18.0. The van der Waals surface area contributed by atoms with Crippen LogP contribution in [-0.4, -0.2) is 20.6 Å². The molecule has 0 aliphatic heterocycles. The van der Waals surface area contributed by atoms with Gasteiger partial charge in [-0.2, -0.15) is 13.2 Å². The van der Waals surface area contributed by atoms with E-state index in [1.165, 1.54) is 6.07 Å². The second-order valence-corrected chi connectivity index (χ2v) is 10.3. The van der Waals surface area contributed by atoms with Gasteiger partial charge in [0.15, 0.2) is 0 Å². The molecule has 1 amide bonds. The van der Waals surface area contributed by atoms with Gasteiger partial charge in [0.25, 0.3) is 0 Å². The number of benzene rings is 2. The normalized spacial score (nSPS) is 21.7. The molecule has 3 rings (SSSR count). The van der Waals surface area contributed by atoms with Gasteiger partial charge in [0, 0.05) is 11.3 Å². The van der Waals surface area contributed by atoms with E-state index in [-0.39, 0.29) is 11.9 Å². The molecule has 1 fully saturated rings. The van der Waals surface area contributed by atoms with Gasteiger partial charge in [-0.05, 0) is 55.2 Å². The van der Waals surface area contributed by atoms with Crippen LogP contribution >= 0.6 is 0 Å². The van der Waals surface area contributed by atoms with E-state index < -0.39 is 38.9 Å². The van der Waals surface area contributed by atoms with Gasteiger partial charge in [-0.1, -0.05) is 25.1 Å². The van der Waals surface area contributed by atoms with Gasteiger partial charge in [0.2, 0.25) is 15.9 Å². The summed E-state index contributed by atoms with van der Waals surface area (Å²) in [4.78, 5) is 12.8. The first-order chi connectivity index (χ1) is 14.6. The second kappa shape index (κ2) is 8.06. The van der Waals surface area contributed by atoms with Crippen molar-refractivity contribution >= 4 is 21.6 Å². The Morgan fingerprint density at radius 3 is 2.38 bits per heavy atom. The zero-order valence-corrected chi connectivity index (χ0v) is 18.8. The molecule has 2 aromatic carbocycles. The molecule has 10 heteroatoms. The van der Waals surface area contributed by atoms with E-state index in [4.69, 9.17) is 0 Å². The smallest absolute Gasteiger partial charge is 0.349 e. The highest BCUT2D eigenvalue weighted by Gasteiger charge is 2.56. The van der Waals surface area contributed by atoms with Crippen LogP contribution in [0.5, 0.6) is 0 Å². The average molecular weight is 473 g/mol. The Labute approximate surface area is 184 Å². The molecule has 0 aromatic heterocycles. The molecule has 1 saturated carbocycles. The molecule has 0 bridgehead atoms. The van der Waals surface area contributed by atoms with Crippen LogP contribution in [0.15, 0.2) is 36.4 Å². The van der Waals surface area contributed by atoms with Crippen molar-refractivity contribution in [1.29, 1.82) is 0 Å². The lowest BCUT2D eigenvalue weighted by molar-refractivity contribution is -0.140. The van der Waals surface area contributed by atoms with Crippen molar-refractivity contribution in [1.82, 2.24) is 5.32 Å². The number of carbonyl (C=O) groups excluding carboxylic acids is 1. The molecular weight excluding hydrogens is 448 g/mol. The summed E-state index contributed by atoms with van der Waals surface area (Å²) >= 11 is 0. The van der Waals surface area contributed by atoms with E-state index in [2.05, 4.69) is 10.0 Å². The van der Waals surface area contributed by atoms with Crippen molar-refractivity contribution in [3.63, 3.8) is 0 Å². The highest BCUT2D eigenvalue weighted by molar-refractivity contribution is 7.92. The number of alkyl halides is 3. The molecule has 0 spiro atoms. The van der Waals surface area contributed by atoms with Crippen LogP contribution in [-0.2, 0) is 26.4 Å².